The van der Waals surface area contributed by atoms with Crippen LogP contribution in [-0.2, 0) is 0 Å². The lowest BCUT2D eigenvalue weighted by Crippen LogP contribution is -2.45. The smallest absolute Gasteiger partial charge is 0.139 e. The highest BCUT2D eigenvalue weighted by Gasteiger charge is 2.27. The average Bonchev–Trinajstić information content (AvgIpc) is 2.51. The normalized spacial score (nSPS) is 17.1. The zero-order valence-electron chi connectivity index (χ0n) is 12.0. The minimum absolute atomic E-state index is 0.0905. The average molecular weight is 350 g/mol. The number of hydrogen-bond donors (Lipinski definition) is 2. The second-order valence-electron chi connectivity index (χ2n) is 5.14. The monoisotopic (exact) mass is 349 g/mol. The fourth-order valence-electron chi connectivity index (χ4n) is 2.77. The summed E-state index contributed by atoms with van der Waals surface area (Å²) in [5.41, 5.74) is 1.14. The van der Waals surface area contributed by atoms with Crippen LogP contribution < -0.4 is 5.32 Å². The van der Waals surface area contributed by atoms with Gasteiger partial charge in [0.25, 0.3) is 0 Å². The van der Waals surface area contributed by atoms with Gasteiger partial charge < -0.3 is 10.4 Å². The molecule has 5 heteroatoms. The molecule has 1 heterocycles. The lowest BCUT2D eigenvalue weighted by atomic mass is 9.96. The van der Waals surface area contributed by atoms with Crippen LogP contribution in [0.1, 0.15) is 30.0 Å². The van der Waals surface area contributed by atoms with Gasteiger partial charge in [-0.25, -0.2) is 0 Å². The number of benzene rings is 1. The molecule has 0 spiro atoms. The molecule has 0 radical (unpaired) electrons. The third kappa shape index (κ3) is 3.65. The Kier molecular flexibility index (Phi) is 5.80. The predicted molar refractivity (Wildman–Crippen MR) is 87.1 cm³/mol. The lowest BCUT2D eigenvalue weighted by molar-refractivity contribution is 0.163. The highest BCUT2D eigenvalue weighted by Crippen LogP contribution is 2.39. The number of piperazine rings is 1. The largest absolute Gasteiger partial charge is 0.506 e. The molecule has 0 amide bonds. The van der Waals surface area contributed by atoms with E-state index in [1.54, 1.807) is 6.07 Å². The van der Waals surface area contributed by atoms with E-state index in [1.807, 2.05) is 12.1 Å². The molecule has 0 unspecified atom stereocenters. The number of nitrogens with one attached hydrogen (secondary N) is 1. The van der Waals surface area contributed by atoms with Gasteiger partial charge in [-0.15, -0.1) is 6.58 Å². The van der Waals surface area contributed by atoms with Crippen molar-refractivity contribution in [1.29, 1.82) is 5.26 Å². The minimum Gasteiger partial charge on any atom is -0.506 e. The minimum atomic E-state index is 0.0905. The Labute approximate surface area is 134 Å². The van der Waals surface area contributed by atoms with Crippen LogP contribution in [0.3, 0.4) is 0 Å². The van der Waals surface area contributed by atoms with Crippen molar-refractivity contribution >= 4 is 15.9 Å². The summed E-state index contributed by atoms with van der Waals surface area (Å²) in [5.74, 6) is 0.0967. The molecular formula is C16H20BrN3O. The molecule has 21 heavy (non-hydrogen) atoms. The van der Waals surface area contributed by atoms with Gasteiger partial charge in [0.2, 0.25) is 0 Å². The van der Waals surface area contributed by atoms with Crippen LogP contribution in [0, 0.1) is 11.3 Å². The van der Waals surface area contributed by atoms with Crippen LogP contribution in [0.2, 0.25) is 0 Å². The summed E-state index contributed by atoms with van der Waals surface area (Å²) in [6.45, 7) is 7.55. The molecule has 0 bridgehead atoms. The summed E-state index contributed by atoms with van der Waals surface area (Å²) in [6, 6.07) is 5.63. The maximum Gasteiger partial charge on any atom is 0.139 e. The van der Waals surface area contributed by atoms with Gasteiger partial charge in [0.1, 0.15) is 11.8 Å². The summed E-state index contributed by atoms with van der Waals surface area (Å²) < 4.78 is 0.853. The number of allylic oxidation sites excluding steroid dienone is 1. The van der Waals surface area contributed by atoms with E-state index in [1.165, 1.54) is 0 Å². The van der Waals surface area contributed by atoms with Gasteiger partial charge in [-0.1, -0.05) is 22.0 Å². The number of halogens is 1. The third-order valence-corrected chi connectivity index (χ3v) is 4.55. The standard InChI is InChI=1S/C16H20BrN3O/c1-2-3-4-14(20-9-7-19-8-10-20)15-13(17)6-5-12(11-18)16(15)21/h2,5-6,14,19,21H,1,3-4,7-10H2/t14-/m1/s1. The van der Waals surface area contributed by atoms with Crippen LogP contribution in [0.25, 0.3) is 0 Å². The van der Waals surface area contributed by atoms with Crippen LogP contribution in [0.15, 0.2) is 29.3 Å². The van der Waals surface area contributed by atoms with Gasteiger partial charge in [0.15, 0.2) is 0 Å². The molecule has 1 aromatic rings. The first kappa shape index (κ1) is 16.0. The highest BCUT2D eigenvalue weighted by atomic mass is 79.9. The van der Waals surface area contributed by atoms with Crippen molar-refractivity contribution in [3.05, 3.63) is 40.4 Å². The molecule has 1 fully saturated rings. The van der Waals surface area contributed by atoms with Crippen molar-refractivity contribution in [2.45, 2.75) is 18.9 Å². The Balaban J connectivity index is 2.40. The highest BCUT2D eigenvalue weighted by molar-refractivity contribution is 9.10. The summed E-state index contributed by atoms with van der Waals surface area (Å²) in [6.07, 6.45) is 3.65. The molecule has 0 saturated carbocycles. The summed E-state index contributed by atoms with van der Waals surface area (Å²) >= 11 is 3.53. The van der Waals surface area contributed by atoms with E-state index in [0.717, 1.165) is 49.1 Å². The number of hydrogen-bond acceptors (Lipinski definition) is 4. The van der Waals surface area contributed by atoms with Crippen LogP contribution in [-0.4, -0.2) is 36.2 Å². The maximum atomic E-state index is 10.4. The first-order chi connectivity index (χ1) is 10.2. The van der Waals surface area contributed by atoms with Crippen LogP contribution in [0.5, 0.6) is 5.75 Å². The van der Waals surface area contributed by atoms with Crippen molar-refractivity contribution in [3.63, 3.8) is 0 Å². The van der Waals surface area contributed by atoms with Gasteiger partial charge in [-0.3, -0.25) is 4.90 Å². The Bertz CT molecular complexity index is 547. The Hall–Kier alpha value is -1.35. The van der Waals surface area contributed by atoms with Gasteiger partial charge in [0, 0.05) is 42.3 Å². The second-order valence-corrected chi connectivity index (χ2v) is 5.99. The Morgan fingerprint density at radius 2 is 2.19 bits per heavy atom. The van der Waals surface area contributed by atoms with Crippen molar-refractivity contribution < 1.29 is 5.11 Å². The number of phenolic OH excluding ortho intramolecular Hbond substituents is 1. The zero-order valence-corrected chi connectivity index (χ0v) is 13.6. The van der Waals surface area contributed by atoms with Gasteiger partial charge in [-0.05, 0) is 25.0 Å². The number of nitriles is 1. The van der Waals surface area contributed by atoms with E-state index >= 15 is 0 Å². The van der Waals surface area contributed by atoms with E-state index in [0.29, 0.717) is 5.56 Å². The topological polar surface area (TPSA) is 59.3 Å². The van der Waals surface area contributed by atoms with Crippen molar-refractivity contribution in [2.24, 2.45) is 0 Å². The molecule has 4 nitrogen and oxygen atoms in total. The van der Waals surface area contributed by atoms with E-state index < -0.39 is 0 Å². The molecule has 1 aromatic carbocycles. The van der Waals surface area contributed by atoms with Gasteiger partial charge >= 0.3 is 0 Å². The van der Waals surface area contributed by atoms with E-state index in [9.17, 15) is 5.11 Å². The molecule has 1 saturated heterocycles. The summed E-state index contributed by atoms with van der Waals surface area (Å²) in [7, 11) is 0. The number of rotatable bonds is 5. The number of aromatic hydroxyl groups is 1. The van der Waals surface area contributed by atoms with Crippen molar-refractivity contribution in [2.75, 3.05) is 26.2 Å². The number of phenols is 1. The number of nitrogens with zero attached hydrogens (tertiary/aromatic N) is 2. The fraction of sp³-hybridized carbons (Fsp3) is 0.438. The SMILES string of the molecule is C=CCC[C@H](c1c(Br)ccc(C#N)c1O)N1CCNCC1. The van der Waals surface area contributed by atoms with Crippen LogP contribution >= 0.6 is 15.9 Å². The van der Waals surface area contributed by atoms with Crippen LogP contribution in [0.4, 0.5) is 0 Å². The first-order valence-corrected chi connectivity index (χ1v) is 7.95. The molecule has 1 aliphatic rings. The third-order valence-electron chi connectivity index (χ3n) is 3.85. The lowest BCUT2D eigenvalue weighted by Gasteiger charge is -2.36. The van der Waals surface area contributed by atoms with Crippen molar-refractivity contribution in [1.82, 2.24) is 10.2 Å². The summed E-state index contributed by atoms with van der Waals surface area (Å²) in [4.78, 5) is 2.36. The van der Waals surface area contributed by atoms with E-state index in [4.69, 9.17) is 5.26 Å². The molecule has 0 aliphatic carbocycles. The van der Waals surface area contributed by atoms with Crippen molar-refractivity contribution in [3.8, 4) is 11.8 Å². The predicted octanol–water partition coefficient (Wildman–Crippen LogP) is 2.94. The quantitative estimate of drug-likeness (QED) is 0.802. The molecule has 1 aliphatic heterocycles. The molecule has 2 N–H and O–H groups in total. The maximum absolute atomic E-state index is 10.4. The fourth-order valence-corrected chi connectivity index (χ4v) is 3.35. The first-order valence-electron chi connectivity index (χ1n) is 7.16. The Morgan fingerprint density at radius 1 is 1.48 bits per heavy atom. The van der Waals surface area contributed by atoms with Gasteiger partial charge in [0.05, 0.1) is 5.56 Å². The molecule has 1 atom stereocenters. The van der Waals surface area contributed by atoms with Gasteiger partial charge in [-0.2, -0.15) is 5.26 Å². The molecule has 112 valence electrons. The molecule has 2 rings (SSSR count). The Morgan fingerprint density at radius 3 is 2.81 bits per heavy atom. The van der Waals surface area contributed by atoms with E-state index in [2.05, 4.69) is 38.8 Å². The molecule has 0 aromatic heterocycles. The molecular weight excluding hydrogens is 330 g/mol. The summed E-state index contributed by atoms with van der Waals surface area (Å²) in [5, 5.41) is 22.9. The van der Waals surface area contributed by atoms with E-state index in [-0.39, 0.29) is 11.8 Å². The zero-order chi connectivity index (χ0) is 15.2. The second kappa shape index (κ2) is 7.60.